The van der Waals surface area contributed by atoms with Crippen LogP contribution < -0.4 is 9.57 Å². The van der Waals surface area contributed by atoms with E-state index in [-0.39, 0.29) is 21.2 Å². The van der Waals surface area contributed by atoms with Crippen molar-refractivity contribution in [3.8, 4) is 5.75 Å². The van der Waals surface area contributed by atoms with E-state index in [0.29, 0.717) is 10.6 Å². The van der Waals surface area contributed by atoms with Gasteiger partial charge in [0.15, 0.2) is 0 Å². The molecule has 154 valence electrons. The molecule has 0 saturated heterocycles. The van der Waals surface area contributed by atoms with E-state index in [0.717, 1.165) is 5.56 Å². The predicted molar refractivity (Wildman–Crippen MR) is 117 cm³/mol. The van der Waals surface area contributed by atoms with Gasteiger partial charge in [0.05, 0.1) is 21.7 Å². The molecule has 0 atom stereocenters. The molecule has 0 amide bonds. The number of rotatable bonds is 6. The lowest BCUT2D eigenvalue weighted by molar-refractivity contribution is 0.0735. The lowest BCUT2D eigenvalue weighted by Crippen LogP contribution is -2.18. The van der Waals surface area contributed by atoms with Crippen molar-refractivity contribution in [1.82, 2.24) is 4.83 Å². The van der Waals surface area contributed by atoms with Crippen molar-refractivity contribution in [2.75, 3.05) is 0 Å². The first-order chi connectivity index (χ1) is 14.2. The Morgan fingerprint density at radius 2 is 1.77 bits per heavy atom. The molecule has 0 aliphatic heterocycles. The molecule has 6 nitrogen and oxygen atoms in total. The molecular formula is C21H16Cl2N2O4S. The summed E-state index contributed by atoms with van der Waals surface area (Å²) < 4.78 is 29.8. The lowest BCUT2D eigenvalue weighted by Gasteiger charge is -2.07. The zero-order chi connectivity index (χ0) is 21.7. The SMILES string of the molecule is Cc1ccc(S(=O)(=O)N/N=C\c2cccc(OC(=O)c3ccc(Cl)cc3Cl)c2)cc1. The third-order valence-corrected chi connectivity index (χ3v) is 5.72. The fraction of sp³-hybridized carbons (Fsp3) is 0.0476. The second-order valence-corrected chi connectivity index (χ2v) is 8.76. The number of esters is 1. The third kappa shape index (κ3) is 5.60. The quantitative estimate of drug-likeness (QED) is 0.246. The molecule has 30 heavy (non-hydrogen) atoms. The highest BCUT2D eigenvalue weighted by molar-refractivity contribution is 7.89. The van der Waals surface area contributed by atoms with Gasteiger partial charge in [0.1, 0.15) is 5.75 Å². The van der Waals surface area contributed by atoms with Crippen LogP contribution in [0.1, 0.15) is 21.5 Å². The van der Waals surface area contributed by atoms with Gasteiger partial charge in [0.2, 0.25) is 0 Å². The first-order valence-electron chi connectivity index (χ1n) is 8.63. The maximum absolute atomic E-state index is 12.3. The molecule has 3 aromatic carbocycles. The fourth-order valence-electron chi connectivity index (χ4n) is 2.42. The molecule has 3 rings (SSSR count). The summed E-state index contributed by atoms with van der Waals surface area (Å²) in [5.41, 5.74) is 1.64. The van der Waals surface area contributed by atoms with Gasteiger partial charge in [0, 0.05) is 5.02 Å². The number of nitrogens with one attached hydrogen (secondary N) is 1. The van der Waals surface area contributed by atoms with Crippen molar-refractivity contribution >= 4 is 45.4 Å². The van der Waals surface area contributed by atoms with Gasteiger partial charge in [-0.3, -0.25) is 0 Å². The van der Waals surface area contributed by atoms with E-state index in [2.05, 4.69) is 9.93 Å². The maximum atomic E-state index is 12.3. The Labute approximate surface area is 184 Å². The molecule has 0 radical (unpaired) electrons. The zero-order valence-electron chi connectivity index (χ0n) is 15.7. The number of aryl methyl sites for hydroxylation is 1. The van der Waals surface area contributed by atoms with Crippen molar-refractivity contribution in [1.29, 1.82) is 0 Å². The van der Waals surface area contributed by atoms with Gasteiger partial charge < -0.3 is 4.74 Å². The summed E-state index contributed by atoms with van der Waals surface area (Å²) in [4.78, 5) is 14.6. The molecular weight excluding hydrogens is 447 g/mol. The summed E-state index contributed by atoms with van der Waals surface area (Å²) in [6.45, 7) is 1.86. The fourth-order valence-corrected chi connectivity index (χ4v) is 3.69. The summed E-state index contributed by atoms with van der Waals surface area (Å²) in [5, 5.41) is 4.36. The van der Waals surface area contributed by atoms with Crippen molar-refractivity contribution in [3.63, 3.8) is 0 Å². The van der Waals surface area contributed by atoms with Crippen LogP contribution in [0.15, 0.2) is 76.7 Å². The number of hydrogen-bond acceptors (Lipinski definition) is 5. The van der Waals surface area contributed by atoms with E-state index >= 15 is 0 Å². The number of ether oxygens (including phenoxy) is 1. The predicted octanol–water partition coefficient (Wildman–Crippen LogP) is 4.83. The first-order valence-corrected chi connectivity index (χ1v) is 10.9. The number of halogens is 2. The highest BCUT2D eigenvalue weighted by Gasteiger charge is 2.14. The van der Waals surface area contributed by atoms with Crippen LogP contribution in [0.5, 0.6) is 5.75 Å². The van der Waals surface area contributed by atoms with Crippen LogP contribution in [0.3, 0.4) is 0 Å². The molecule has 0 aromatic heterocycles. The standard InChI is InChI=1S/C21H16Cl2N2O4S/c1-14-5-8-18(9-6-14)30(27,28)25-24-13-15-3-2-4-17(11-15)29-21(26)19-10-7-16(22)12-20(19)23/h2-13,25H,1H3/b24-13-. The molecule has 0 unspecified atom stereocenters. The van der Waals surface area contributed by atoms with E-state index in [1.807, 2.05) is 6.92 Å². The normalized spacial score (nSPS) is 11.4. The Hall–Kier alpha value is -2.87. The summed E-state index contributed by atoms with van der Waals surface area (Å²) in [6, 6.07) is 17.3. The van der Waals surface area contributed by atoms with E-state index in [4.69, 9.17) is 27.9 Å². The van der Waals surface area contributed by atoms with E-state index in [9.17, 15) is 13.2 Å². The van der Waals surface area contributed by atoms with E-state index in [1.54, 1.807) is 30.3 Å². The second-order valence-electron chi connectivity index (χ2n) is 6.25. The molecule has 0 aliphatic rings. The smallest absolute Gasteiger partial charge is 0.345 e. The second kappa shape index (κ2) is 9.30. The maximum Gasteiger partial charge on any atom is 0.345 e. The van der Waals surface area contributed by atoms with Gasteiger partial charge in [-0.15, -0.1) is 0 Å². The van der Waals surface area contributed by atoms with Crippen LogP contribution in [-0.4, -0.2) is 20.6 Å². The highest BCUT2D eigenvalue weighted by atomic mass is 35.5. The number of nitrogens with zero attached hydrogens (tertiary/aromatic N) is 1. The van der Waals surface area contributed by atoms with Crippen molar-refractivity contribution in [3.05, 3.63) is 93.5 Å². The monoisotopic (exact) mass is 462 g/mol. The zero-order valence-corrected chi connectivity index (χ0v) is 18.0. The molecule has 9 heteroatoms. The van der Waals surface area contributed by atoms with Crippen LogP contribution >= 0.6 is 23.2 Å². The van der Waals surface area contributed by atoms with E-state index in [1.165, 1.54) is 42.6 Å². The van der Waals surface area contributed by atoms with Crippen LogP contribution in [0.4, 0.5) is 0 Å². The Kier molecular flexibility index (Phi) is 6.77. The van der Waals surface area contributed by atoms with Gasteiger partial charge in [-0.2, -0.15) is 13.5 Å². The summed E-state index contributed by atoms with van der Waals surface area (Å²) >= 11 is 11.8. The van der Waals surface area contributed by atoms with Gasteiger partial charge in [-0.05, 0) is 55.0 Å². The summed E-state index contributed by atoms with van der Waals surface area (Å²) in [7, 11) is -3.78. The Morgan fingerprint density at radius 3 is 2.47 bits per heavy atom. The molecule has 0 saturated carbocycles. The topological polar surface area (TPSA) is 84.8 Å². The van der Waals surface area contributed by atoms with Crippen LogP contribution in [0.25, 0.3) is 0 Å². The molecule has 0 bridgehead atoms. The largest absolute Gasteiger partial charge is 0.423 e. The van der Waals surface area contributed by atoms with E-state index < -0.39 is 16.0 Å². The Bertz CT molecular complexity index is 1210. The van der Waals surface area contributed by atoms with Crippen LogP contribution in [-0.2, 0) is 10.0 Å². The number of carbonyl (C=O) groups is 1. The molecule has 3 aromatic rings. The summed E-state index contributed by atoms with van der Waals surface area (Å²) in [5.74, 6) is -0.401. The molecule has 0 aliphatic carbocycles. The van der Waals surface area contributed by atoms with Crippen molar-refractivity contribution < 1.29 is 17.9 Å². The average molecular weight is 463 g/mol. The minimum absolute atomic E-state index is 0.104. The molecule has 0 fully saturated rings. The highest BCUT2D eigenvalue weighted by Crippen LogP contribution is 2.23. The minimum atomic E-state index is -3.78. The van der Waals surface area contributed by atoms with Crippen LogP contribution in [0, 0.1) is 6.92 Å². The van der Waals surface area contributed by atoms with Gasteiger partial charge in [-0.25, -0.2) is 9.63 Å². The number of hydrazone groups is 1. The third-order valence-electron chi connectivity index (χ3n) is 3.94. The molecule has 0 spiro atoms. The minimum Gasteiger partial charge on any atom is -0.423 e. The average Bonchev–Trinajstić information content (AvgIpc) is 2.68. The number of carbonyl (C=O) groups excluding carboxylic acids is 1. The molecule has 1 N–H and O–H groups in total. The Balaban J connectivity index is 1.69. The van der Waals surface area contributed by atoms with Crippen molar-refractivity contribution in [2.24, 2.45) is 5.10 Å². The number of sulfonamides is 1. The van der Waals surface area contributed by atoms with Gasteiger partial charge in [-0.1, -0.05) is 53.0 Å². The van der Waals surface area contributed by atoms with Gasteiger partial charge >= 0.3 is 5.97 Å². The van der Waals surface area contributed by atoms with Crippen LogP contribution in [0.2, 0.25) is 10.0 Å². The Morgan fingerprint density at radius 1 is 1.03 bits per heavy atom. The first kappa shape index (κ1) is 21.8. The lowest BCUT2D eigenvalue weighted by atomic mass is 10.2. The summed E-state index contributed by atoms with van der Waals surface area (Å²) in [6.07, 6.45) is 1.30. The van der Waals surface area contributed by atoms with Gasteiger partial charge in [0.25, 0.3) is 10.0 Å². The van der Waals surface area contributed by atoms with Crippen molar-refractivity contribution in [2.45, 2.75) is 11.8 Å². The number of hydrogen-bond donors (Lipinski definition) is 1. The number of benzene rings is 3. The molecule has 0 heterocycles.